The Morgan fingerprint density at radius 2 is 2.07 bits per heavy atom. The van der Waals surface area contributed by atoms with Gasteiger partial charge < -0.3 is 14.2 Å². The number of aromatic amines is 1. The summed E-state index contributed by atoms with van der Waals surface area (Å²) in [5.41, 5.74) is 1.89. The fourth-order valence-electron chi connectivity index (χ4n) is 3.74. The van der Waals surface area contributed by atoms with Gasteiger partial charge in [-0.05, 0) is 31.0 Å². The predicted octanol–water partition coefficient (Wildman–Crippen LogP) is 2.72. The molecule has 1 N–H and O–H groups in total. The lowest BCUT2D eigenvalue weighted by molar-refractivity contribution is -0.0647. The number of halogens is 1. The monoisotopic (exact) mass is 375 g/mol. The summed E-state index contributed by atoms with van der Waals surface area (Å²) in [6, 6.07) is 9.05. The highest BCUT2D eigenvalue weighted by Crippen LogP contribution is 2.25. The van der Waals surface area contributed by atoms with Crippen LogP contribution in [0.1, 0.15) is 30.3 Å². The van der Waals surface area contributed by atoms with E-state index < -0.39 is 0 Å². The second-order valence-corrected chi connectivity index (χ2v) is 7.04. The van der Waals surface area contributed by atoms with E-state index in [1.165, 1.54) is 6.07 Å². The largest absolute Gasteiger partial charge is 0.490 e. The molecule has 4 rings (SSSR count). The van der Waals surface area contributed by atoms with E-state index in [1.807, 2.05) is 6.07 Å². The van der Waals surface area contributed by atoms with Crippen molar-refractivity contribution < 1.29 is 18.6 Å². The molecule has 2 aliphatic rings. The summed E-state index contributed by atoms with van der Waals surface area (Å²) in [5, 5.41) is 7.49. The molecule has 146 valence electrons. The number of hydrogen-bond donors (Lipinski definition) is 1. The lowest BCUT2D eigenvalue weighted by atomic mass is 10.0. The average molecular weight is 375 g/mol. The second-order valence-electron chi connectivity index (χ2n) is 7.04. The first-order valence-electron chi connectivity index (χ1n) is 9.64. The normalized spacial score (nSPS) is 22.0. The van der Waals surface area contributed by atoms with Crippen LogP contribution in [0.2, 0.25) is 0 Å². The summed E-state index contributed by atoms with van der Waals surface area (Å²) >= 11 is 0. The molecule has 0 radical (unpaired) electrons. The minimum Gasteiger partial charge on any atom is -0.490 e. The Balaban J connectivity index is 1.30. The molecule has 1 atom stereocenters. The van der Waals surface area contributed by atoms with Crippen molar-refractivity contribution in [3.05, 3.63) is 47.5 Å². The van der Waals surface area contributed by atoms with Crippen molar-refractivity contribution in [1.82, 2.24) is 15.1 Å². The van der Waals surface area contributed by atoms with Crippen LogP contribution in [0.4, 0.5) is 4.39 Å². The summed E-state index contributed by atoms with van der Waals surface area (Å²) in [6.07, 6.45) is 2.80. The van der Waals surface area contributed by atoms with E-state index in [9.17, 15) is 4.39 Å². The molecule has 0 saturated carbocycles. The Morgan fingerprint density at radius 3 is 2.93 bits per heavy atom. The number of rotatable bonds is 6. The highest BCUT2D eigenvalue weighted by atomic mass is 19.1. The zero-order valence-corrected chi connectivity index (χ0v) is 15.4. The first-order chi connectivity index (χ1) is 13.3. The van der Waals surface area contributed by atoms with Crippen molar-refractivity contribution in [2.45, 2.75) is 31.4 Å². The molecule has 27 heavy (non-hydrogen) atoms. The molecule has 7 heteroatoms. The third kappa shape index (κ3) is 4.66. The lowest BCUT2D eigenvalue weighted by Gasteiger charge is -2.39. The molecule has 2 aliphatic heterocycles. The first kappa shape index (κ1) is 18.4. The van der Waals surface area contributed by atoms with Crippen LogP contribution in [0.25, 0.3) is 0 Å². The minimum atomic E-state index is -0.341. The van der Waals surface area contributed by atoms with Gasteiger partial charge in [0.15, 0.2) is 11.6 Å². The number of H-pyrrole nitrogens is 1. The SMILES string of the molecule is Fc1ccccc1OCCc1cc([C@H]2CN(C3CCOCC3)CCO2)n[nH]1. The van der Waals surface area contributed by atoms with Gasteiger partial charge in [-0.1, -0.05) is 12.1 Å². The van der Waals surface area contributed by atoms with E-state index in [0.717, 1.165) is 57.1 Å². The maximum Gasteiger partial charge on any atom is 0.165 e. The van der Waals surface area contributed by atoms with Gasteiger partial charge in [0.25, 0.3) is 0 Å². The number of benzene rings is 1. The van der Waals surface area contributed by atoms with Gasteiger partial charge in [0.2, 0.25) is 0 Å². The van der Waals surface area contributed by atoms with Crippen LogP contribution in [0.5, 0.6) is 5.75 Å². The number of ether oxygens (including phenoxy) is 3. The maximum atomic E-state index is 13.6. The average Bonchev–Trinajstić information content (AvgIpc) is 3.19. The van der Waals surface area contributed by atoms with E-state index >= 15 is 0 Å². The van der Waals surface area contributed by atoms with Crippen LogP contribution in [0.3, 0.4) is 0 Å². The van der Waals surface area contributed by atoms with E-state index in [4.69, 9.17) is 14.2 Å². The smallest absolute Gasteiger partial charge is 0.165 e. The van der Waals surface area contributed by atoms with Gasteiger partial charge in [0, 0.05) is 44.5 Å². The molecular formula is C20H26FN3O3. The highest BCUT2D eigenvalue weighted by Gasteiger charge is 2.29. The van der Waals surface area contributed by atoms with Crippen LogP contribution in [0, 0.1) is 5.82 Å². The number of aromatic nitrogens is 2. The Labute approximate surface area is 158 Å². The summed E-state index contributed by atoms with van der Waals surface area (Å²) in [4.78, 5) is 2.51. The zero-order valence-electron chi connectivity index (χ0n) is 15.4. The third-order valence-electron chi connectivity index (χ3n) is 5.25. The van der Waals surface area contributed by atoms with E-state index in [2.05, 4.69) is 15.1 Å². The van der Waals surface area contributed by atoms with E-state index in [0.29, 0.717) is 19.1 Å². The number of nitrogens with zero attached hydrogens (tertiary/aromatic N) is 2. The van der Waals surface area contributed by atoms with Gasteiger partial charge in [0.05, 0.1) is 18.9 Å². The highest BCUT2D eigenvalue weighted by molar-refractivity contribution is 5.23. The molecular weight excluding hydrogens is 349 g/mol. The Morgan fingerprint density at radius 1 is 1.22 bits per heavy atom. The summed E-state index contributed by atoms with van der Waals surface area (Å²) in [5.74, 6) is -0.0634. The standard InChI is InChI=1S/C20H26FN3O3/c21-17-3-1-2-4-19(17)26-11-5-15-13-18(23-22-15)20-14-24(8-12-27-20)16-6-9-25-10-7-16/h1-4,13,16,20H,5-12,14H2,(H,22,23)/t20-/m1/s1. The van der Waals surface area contributed by atoms with Gasteiger partial charge in [-0.2, -0.15) is 5.10 Å². The topological polar surface area (TPSA) is 59.6 Å². The van der Waals surface area contributed by atoms with Crippen molar-refractivity contribution in [3.8, 4) is 5.75 Å². The lowest BCUT2D eigenvalue weighted by Crippen LogP contribution is -2.46. The van der Waals surface area contributed by atoms with Gasteiger partial charge in [0.1, 0.15) is 6.10 Å². The van der Waals surface area contributed by atoms with Crippen molar-refractivity contribution >= 4 is 0 Å². The first-order valence-corrected chi connectivity index (χ1v) is 9.64. The molecule has 0 amide bonds. The Hall–Kier alpha value is -1.96. The number of para-hydroxylation sites is 1. The van der Waals surface area contributed by atoms with Crippen molar-refractivity contribution in [3.63, 3.8) is 0 Å². The van der Waals surface area contributed by atoms with Crippen LogP contribution >= 0.6 is 0 Å². The number of nitrogens with one attached hydrogen (secondary N) is 1. The molecule has 0 unspecified atom stereocenters. The molecule has 2 saturated heterocycles. The van der Waals surface area contributed by atoms with E-state index in [1.54, 1.807) is 18.2 Å². The van der Waals surface area contributed by atoms with Crippen molar-refractivity contribution in [1.29, 1.82) is 0 Å². The van der Waals surface area contributed by atoms with Crippen molar-refractivity contribution in [2.24, 2.45) is 0 Å². The Bertz CT molecular complexity index is 733. The van der Waals surface area contributed by atoms with Crippen molar-refractivity contribution in [2.75, 3.05) is 39.5 Å². The van der Waals surface area contributed by atoms with Gasteiger partial charge >= 0.3 is 0 Å². The molecule has 3 heterocycles. The molecule has 0 aliphatic carbocycles. The maximum absolute atomic E-state index is 13.6. The minimum absolute atomic E-state index is 0.0147. The predicted molar refractivity (Wildman–Crippen MR) is 98.3 cm³/mol. The molecule has 0 spiro atoms. The van der Waals surface area contributed by atoms with Crippen LogP contribution < -0.4 is 4.74 Å². The van der Waals surface area contributed by atoms with Crippen LogP contribution in [-0.2, 0) is 15.9 Å². The molecule has 2 aromatic rings. The molecule has 1 aromatic heterocycles. The van der Waals surface area contributed by atoms with Gasteiger partial charge in [-0.3, -0.25) is 10.00 Å². The van der Waals surface area contributed by atoms with Crippen LogP contribution in [-0.4, -0.2) is 60.7 Å². The van der Waals surface area contributed by atoms with Crippen LogP contribution in [0.15, 0.2) is 30.3 Å². The number of morpholine rings is 1. The van der Waals surface area contributed by atoms with Gasteiger partial charge in [-0.15, -0.1) is 0 Å². The van der Waals surface area contributed by atoms with Gasteiger partial charge in [-0.25, -0.2) is 4.39 Å². The second kappa shape index (κ2) is 8.82. The summed E-state index contributed by atoms with van der Waals surface area (Å²) in [6.45, 7) is 4.64. The number of hydrogen-bond acceptors (Lipinski definition) is 5. The molecule has 1 aromatic carbocycles. The fourth-order valence-corrected chi connectivity index (χ4v) is 3.74. The summed E-state index contributed by atoms with van der Waals surface area (Å²) < 4.78 is 30.5. The molecule has 0 bridgehead atoms. The fraction of sp³-hybridized carbons (Fsp3) is 0.550. The van der Waals surface area contributed by atoms with E-state index in [-0.39, 0.29) is 17.7 Å². The summed E-state index contributed by atoms with van der Waals surface area (Å²) in [7, 11) is 0. The molecule has 6 nitrogen and oxygen atoms in total. The molecule has 2 fully saturated rings. The Kier molecular flexibility index (Phi) is 6.01. The zero-order chi connectivity index (χ0) is 18.5. The quantitative estimate of drug-likeness (QED) is 0.841. The third-order valence-corrected chi connectivity index (χ3v) is 5.25.